The van der Waals surface area contributed by atoms with Gasteiger partial charge < -0.3 is 35.5 Å². The van der Waals surface area contributed by atoms with Crippen molar-refractivity contribution in [3.05, 3.63) is 23.3 Å². The number of benzene rings is 1. The number of likely N-dealkylation sites (tertiary alicyclic amines) is 1. The van der Waals surface area contributed by atoms with Gasteiger partial charge in [0.2, 0.25) is 0 Å². The molecule has 1 aromatic rings. The Labute approximate surface area is 155 Å². The summed E-state index contributed by atoms with van der Waals surface area (Å²) in [6, 6.07) is 2.51. The molecule has 27 heavy (non-hydrogen) atoms. The standard InChI is InChI=1S/C16H21BN2O8/c18-15(22)10(5-12(20)21)19-6-9(7-19)26-11-2-1-8-3-4-17(25)27-14(8)13(11)16(23)24/h1-2,9-10,15,22,25H,3-7,18H2,(H,20,21)(H,23,24). The number of hydrogen-bond acceptors (Lipinski definition) is 8. The summed E-state index contributed by atoms with van der Waals surface area (Å²) in [6.45, 7) is 0.595. The molecular formula is C16H21BN2O8. The maximum Gasteiger partial charge on any atom is 0.522 e. The third kappa shape index (κ3) is 4.16. The summed E-state index contributed by atoms with van der Waals surface area (Å²) in [7, 11) is -1.06. The van der Waals surface area contributed by atoms with Gasteiger partial charge in [-0.25, -0.2) is 4.79 Å². The quantitative estimate of drug-likeness (QED) is 0.292. The van der Waals surface area contributed by atoms with E-state index < -0.39 is 31.3 Å². The summed E-state index contributed by atoms with van der Waals surface area (Å²) in [5.74, 6) is -2.08. The molecule has 2 atom stereocenters. The molecule has 0 radical (unpaired) electrons. The molecule has 10 nitrogen and oxygen atoms in total. The zero-order valence-corrected chi connectivity index (χ0v) is 14.4. The first-order valence-corrected chi connectivity index (χ1v) is 8.56. The minimum absolute atomic E-state index is 0.107. The maximum atomic E-state index is 11.7. The maximum absolute atomic E-state index is 11.7. The zero-order chi connectivity index (χ0) is 19.7. The van der Waals surface area contributed by atoms with Gasteiger partial charge in [-0.15, -0.1) is 0 Å². The fraction of sp³-hybridized carbons (Fsp3) is 0.500. The zero-order valence-electron chi connectivity index (χ0n) is 14.4. The van der Waals surface area contributed by atoms with E-state index in [1.54, 1.807) is 17.0 Å². The van der Waals surface area contributed by atoms with Gasteiger partial charge in [0.25, 0.3) is 0 Å². The van der Waals surface area contributed by atoms with Gasteiger partial charge in [0, 0.05) is 13.1 Å². The van der Waals surface area contributed by atoms with Crippen molar-refractivity contribution in [1.82, 2.24) is 4.90 Å². The van der Waals surface area contributed by atoms with Crippen LogP contribution in [0.3, 0.4) is 0 Å². The van der Waals surface area contributed by atoms with Crippen LogP contribution in [0.25, 0.3) is 0 Å². The Bertz CT molecular complexity index is 737. The molecule has 0 saturated carbocycles. The van der Waals surface area contributed by atoms with E-state index in [0.717, 1.165) is 0 Å². The lowest BCUT2D eigenvalue weighted by molar-refractivity contribution is -0.141. The number of aliphatic hydroxyl groups is 1. The highest BCUT2D eigenvalue weighted by Gasteiger charge is 2.38. The number of nitrogens with zero attached hydrogens (tertiary/aromatic N) is 1. The van der Waals surface area contributed by atoms with Crippen molar-refractivity contribution in [2.24, 2.45) is 5.73 Å². The van der Waals surface area contributed by atoms with E-state index in [0.29, 0.717) is 31.4 Å². The van der Waals surface area contributed by atoms with Crippen LogP contribution < -0.4 is 15.1 Å². The monoisotopic (exact) mass is 380 g/mol. The number of fused-ring (bicyclic) bond motifs is 1. The SMILES string of the molecule is NC(O)C(CC(=O)O)N1CC(Oc2ccc3c(c2C(=O)O)OB(O)CC3)C1. The van der Waals surface area contributed by atoms with Crippen LogP contribution in [-0.4, -0.2) is 75.8 Å². The van der Waals surface area contributed by atoms with Gasteiger partial charge in [-0.1, -0.05) is 6.07 Å². The number of ether oxygens (including phenoxy) is 1. The molecule has 0 bridgehead atoms. The Morgan fingerprint density at radius 2 is 2.07 bits per heavy atom. The molecule has 2 unspecified atom stereocenters. The van der Waals surface area contributed by atoms with Crippen LogP contribution in [0.5, 0.6) is 11.5 Å². The number of carbonyl (C=O) groups is 2. The van der Waals surface area contributed by atoms with E-state index in [-0.39, 0.29) is 29.6 Å². The average molecular weight is 380 g/mol. The predicted octanol–water partition coefficient (Wildman–Crippen LogP) is -1.02. The van der Waals surface area contributed by atoms with Crippen LogP contribution in [0.1, 0.15) is 22.3 Å². The second-order valence-electron chi connectivity index (χ2n) is 6.69. The lowest BCUT2D eigenvalue weighted by atomic mass is 9.78. The van der Waals surface area contributed by atoms with Crippen LogP contribution in [0.15, 0.2) is 12.1 Å². The van der Waals surface area contributed by atoms with Crippen molar-refractivity contribution < 1.29 is 39.3 Å². The summed E-state index contributed by atoms with van der Waals surface area (Å²) in [5, 5.41) is 37.7. The third-order valence-electron chi connectivity index (χ3n) is 4.75. The molecule has 1 aromatic carbocycles. The highest BCUT2D eigenvalue weighted by atomic mass is 16.5. The van der Waals surface area contributed by atoms with E-state index in [1.807, 2.05) is 0 Å². The number of aliphatic carboxylic acids is 1. The average Bonchev–Trinajstić information content (AvgIpc) is 2.54. The highest BCUT2D eigenvalue weighted by molar-refractivity contribution is 6.44. The van der Waals surface area contributed by atoms with Gasteiger partial charge in [-0.3, -0.25) is 9.69 Å². The fourth-order valence-electron chi connectivity index (χ4n) is 3.35. The van der Waals surface area contributed by atoms with Crippen LogP contribution >= 0.6 is 0 Å². The molecular weight excluding hydrogens is 359 g/mol. The van der Waals surface area contributed by atoms with Crippen LogP contribution in [0.2, 0.25) is 6.32 Å². The molecule has 2 heterocycles. The van der Waals surface area contributed by atoms with Crippen molar-refractivity contribution in [1.29, 1.82) is 0 Å². The number of hydrogen-bond donors (Lipinski definition) is 5. The molecule has 0 spiro atoms. The first-order valence-electron chi connectivity index (χ1n) is 8.56. The topological polar surface area (TPSA) is 163 Å². The fourth-order valence-corrected chi connectivity index (χ4v) is 3.35. The molecule has 1 saturated heterocycles. The molecule has 6 N–H and O–H groups in total. The molecule has 2 aliphatic heterocycles. The van der Waals surface area contributed by atoms with Crippen LogP contribution in [-0.2, 0) is 11.2 Å². The summed E-state index contributed by atoms with van der Waals surface area (Å²) in [6.07, 6.45) is -1.12. The second-order valence-corrected chi connectivity index (χ2v) is 6.69. The number of rotatable bonds is 7. The lowest BCUT2D eigenvalue weighted by Gasteiger charge is -2.44. The summed E-state index contributed by atoms with van der Waals surface area (Å²) in [4.78, 5) is 24.3. The summed E-state index contributed by atoms with van der Waals surface area (Å²) >= 11 is 0. The number of nitrogens with two attached hydrogens (primary N) is 1. The van der Waals surface area contributed by atoms with Crippen LogP contribution in [0, 0.1) is 0 Å². The molecule has 0 aliphatic carbocycles. The van der Waals surface area contributed by atoms with Gasteiger partial charge in [0.15, 0.2) is 0 Å². The second kappa shape index (κ2) is 7.73. The Kier molecular flexibility index (Phi) is 5.56. The third-order valence-corrected chi connectivity index (χ3v) is 4.75. The Morgan fingerprint density at radius 1 is 1.37 bits per heavy atom. The van der Waals surface area contributed by atoms with Crippen LogP contribution in [0.4, 0.5) is 0 Å². The van der Waals surface area contributed by atoms with Gasteiger partial charge >= 0.3 is 19.1 Å². The van der Waals surface area contributed by atoms with Gasteiger partial charge in [-0.2, -0.15) is 0 Å². The number of aromatic carboxylic acids is 1. The minimum Gasteiger partial charge on any atom is -0.535 e. The Hall–Kier alpha value is -2.34. The van der Waals surface area contributed by atoms with E-state index in [1.165, 1.54) is 0 Å². The van der Waals surface area contributed by atoms with Crippen molar-refractivity contribution >= 4 is 19.1 Å². The summed E-state index contributed by atoms with van der Waals surface area (Å²) < 4.78 is 11.1. The van der Waals surface area contributed by atoms with E-state index in [9.17, 15) is 24.8 Å². The Balaban J connectivity index is 1.71. The van der Waals surface area contributed by atoms with E-state index in [2.05, 4.69) is 0 Å². The molecule has 3 rings (SSSR count). The van der Waals surface area contributed by atoms with Gasteiger partial charge in [0.05, 0.1) is 12.5 Å². The van der Waals surface area contributed by atoms with Crippen molar-refractivity contribution in [2.45, 2.75) is 37.5 Å². The number of aliphatic hydroxyl groups excluding tert-OH is 1. The van der Waals surface area contributed by atoms with Crippen molar-refractivity contribution in [3.63, 3.8) is 0 Å². The number of carboxylic acids is 2. The van der Waals surface area contributed by atoms with Gasteiger partial charge in [-0.05, 0) is 24.4 Å². The molecule has 2 aliphatic rings. The first-order chi connectivity index (χ1) is 12.8. The highest BCUT2D eigenvalue weighted by Crippen LogP contribution is 2.37. The van der Waals surface area contributed by atoms with E-state index >= 15 is 0 Å². The number of carboxylic acid groups (broad SMARTS) is 2. The first kappa shape index (κ1) is 19.4. The molecule has 0 aromatic heterocycles. The largest absolute Gasteiger partial charge is 0.535 e. The minimum atomic E-state index is -1.31. The molecule has 0 amide bonds. The van der Waals surface area contributed by atoms with Crippen molar-refractivity contribution in [3.8, 4) is 11.5 Å². The summed E-state index contributed by atoms with van der Waals surface area (Å²) in [5.41, 5.74) is 5.98. The lowest BCUT2D eigenvalue weighted by Crippen LogP contribution is -2.62. The number of aryl methyl sites for hydroxylation is 1. The molecule has 11 heteroatoms. The smallest absolute Gasteiger partial charge is 0.522 e. The molecule has 1 fully saturated rings. The molecule has 146 valence electrons. The normalized spacial score (nSPS) is 19.4. The van der Waals surface area contributed by atoms with E-state index in [4.69, 9.17) is 20.2 Å². The Morgan fingerprint density at radius 3 is 2.67 bits per heavy atom. The predicted molar refractivity (Wildman–Crippen MR) is 92.7 cm³/mol. The van der Waals surface area contributed by atoms with Crippen molar-refractivity contribution in [2.75, 3.05) is 13.1 Å². The van der Waals surface area contributed by atoms with Gasteiger partial charge in [0.1, 0.15) is 29.4 Å².